The van der Waals surface area contributed by atoms with Gasteiger partial charge in [0.1, 0.15) is 10.6 Å². The van der Waals surface area contributed by atoms with Gasteiger partial charge in [-0.25, -0.2) is 9.97 Å². The van der Waals surface area contributed by atoms with E-state index in [-0.39, 0.29) is 0 Å². The smallest absolute Gasteiger partial charge is 0.163 e. The molecule has 0 fully saturated rings. The number of nitrogens with one attached hydrogen (secondary N) is 1. The van der Waals surface area contributed by atoms with E-state index in [4.69, 9.17) is 9.97 Å². The van der Waals surface area contributed by atoms with Crippen LogP contribution in [0.4, 0.5) is 11.5 Å². The summed E-state index contributed by atoms with van der Waals surface area (Å²) >= 11 is 1.85. The number of hydrogen-bond donors (Lipinski definition) is 1. The lowest BCUT2D eigenvalue weighted by atomic mass is 9.97. The standard InChI is InChI=1S/C24H23N3S/c1-15-9-8-10-16(2)21(15)25-23-20-18-13-6-7-14-19(18)28-24(20)27-22(26-23)17-11-4-3-5-12-17/h3-5,8-12H,6-7,13-14H2,1-2H3,(H,25,26,27). The minimum atomic E-state index is 0.792. The summed E-state index contributed by atoms with van der Waals surface area (Å²) < 4.78 is 0. The molecule has 0 aliphatic heterocycles. The summed E-state index contributed by atoms with van der Waals surface area (Å²) in [7, 11) is 0. The molecule has 0 radical (unpaired) electrons. The summed E-state index contributed by atoms with van der Waals surface area (Å²) in [5.74, 6) is 1.74. The number of fused-ring (bicyclic) bond motifs is 3. The maximum Gasteiger partial charge on any atom is 0.163 e. The molecule has 0 bridgehead atoms. The first-order valence-electron chi connectivity index (χ1n) is 9.91. The summed E-state index contributed by atoms with van der Waals surface area (Å²) in [4.78, 5) is 12.6. The topological polar surface area (TPSA) is 37.8 Å². The van der Waals surface area contributed by atoms with Crippen LogP contribution in [0.3, 0.4) is 0 Å². The molecule has 2 aromatic carbocycles. The van der Waals surface area contributed by atoms with Gasteiger partial charge in [-0.05, 0) is 56.2 Å². The molecule has 4 heteroatoms. The first kappa shape index (κ1) is 17.4. The summed E-state index contributed by atoms with van der Waals surface area (Å²) in [6.45, 7) is 4.30. The van der Waals surface area contributed by atoms with Gasteiger partial charge in [0, 0.05) is 16.1 Å². The van der Waals surface area contributed by atoms with Crippen molar-refractivity contribution in [3.8, 4) is 11.4 Å². The molecule has 0 amide bonds. The number of nitrogens with zero attached hydrogens (tertiary/aromatic N) is 2. The number of thiophene rings is 1. The fraction of sp³-hybridized carbons (Fsp3) is 0.250. The lowest BCUT2D eigenvalue weighted by molar-refractivity contribution is 0.700. The predicted molar refractivity (Wildman–Crippen MR) is 119 cm³/mol. The third kappa shape index (κ3) is 2.98. The first-order valence-corrected chi connectivity index (χ1v) is 10.7. The molecule has 140 valence electrons. The van der Waals surface area contributed by atoms with Crippen molar-refractivity contribution < 1.29 is 0 Å². The molecule has 0 spiro atoms. The zero-order valence-corrected chi connectivity index (χ0v) is 17.1. The number of anilines is 2. The molecule has 1 aliphatic carbocycles. The zero-order valence-electron chi connectivity index (χ0n) is 16.2. The highest BCUT2D eigenvalue weighted by atomic mass is 32.1. The number of benzene rings is 2. The Labute approximate surface area is 169 Å². The van der Waals surface area contributed by atoms with E-state index in [2.05, 4.69) is 49.5 Å². The lowest BCUT2D eigenvalue weighted by Crippen LogP contribution is -2.04. The van der Waals surface area contributed by atoms with Crippen LogP contribution in [0.5, 0.6) is 0 Å². The number of hydrogen-bond acceptors (Lipinski definition) is 4. The highest BCUT2D eigenvalue weighted by Crippen LogP contribution is 2.40. The third-order valence-corrected chi connectivity index (χ3v) is 6.76. The van der Waals surface area contributed by atoms with Crippen LogP contribution in [0.2, 0.25) is 0 Å². The Bertz CT molecular complexity index is 1140. The monoisotopic (exact) mass is 385 g/mol. The van der Waals surface area contributed by atoms with E-state index in [0.29, 0.717) is 0 Å². The Balaban J connectivity index is 1.74. The predicted octanol–water partition coefficient (Wildman–Crippen LogP) is 6.60. The second kappa shape index (κ2) is 7.02. The Morgan fingerprint density at radius 3 is 2.39 bits per heavy atom. The van der Waals surface area contributed by atoms with Gasteiger partial charge in [-0.15, -0.1) is 11.3 Å². The highest BCUT2D eigenvalue weighted by molar-refractivity contribution is 7.19. The molecule has 4 aromatic rings. The molecule has 0 saturated heterocycles. The van der Waals surface area contributed by atoms with Crippen molar-refractivity contribution in [2.75, 3.05) is 5.32 Å². The molecule has 2 aromatic heterocycles. The van der Waals surface area contributed by atoms with E-state index in [9.17, 15) is 0 Å². The van der Waals surface area contributed by atoms with Crippen LogP contribution in [0.15, 0.2) is 48.5 Å². The normalized spacial score (nSPS) is 13.5. The van der Waals surface area contributed by atoms with Gasteiger partial charge in [0.05, 0.1) is 5.39 Å². The fourth-order valence-electron chi connectivity index (χ4n) is 4.09. The van der Waals surface area contributed by atoms with Crippen LogP contribution in [0.1, 0.15) is 34.4 Å². The number of para-hydroxylation sites is 1. The molecular weight excluding hydrogens is 362 g/mol. The van der Waals surface area contributed by atoms with Gasteiger partial charge >= 0.3 is 0 Å². The highest BCUT2D eigenvalue weighted by Gasteiger charge is 2.22. The molecule has 2 heterocycles. The lowest BCUT2D eigenvalue weighted by Gasteiger charge is -2.16. The number of rotatable bonds is 3. The maximum atomic E-state index is 5.01. The minimum absolute atomic E-state index is 0.792. The molecule has 0 atom stereocenters. The van der Waals surface area contributed by atoms with Gasteiger partial charge in [-0.1, -0.05) is 48.5 Å². The number of aryl methyl sites for hydroxylation is 4. The first-order chi connectivity index (χ1) is 13.7. The average Bonchev–Trinajstić information content (AvgIpc) is 3.10. The molecule has 28 heavy (non-hydrogen) atoms. The van der Waals surface area contributed by atoms with Gasteiger partial charge in [0.15, 0.2) is 5.82 Å². The van der Waals surface area contributed by atoms with Gasteiger partial charge < -0.3 is 5.32 Å². The summed E-state index contributed by atoms with van der Waals surface area (Å²) in [5, 5.41) is 4.91. The van der Waals surface area contributed by atoms with Crippen molar-refractivity contribution in [2.24, 2.45) is 0 Å². The van der Waals surface area contributed by atoms with Gasteiger partial charge in [0.2, 0.25) is 0 Å². The maximum absolute atomic E-state index is 5.01. The van der Waals surface area contributed by atoms with Gasteiger partial charge in [-0.3, -0.25) is 0 Å². The van der Waals surface area contributed by atoms with Crippen LogP contribution in [-0.4, -0.2) is 9.97 Å². The zero-order chi connectivity index (χ0) is 19.1. The molecular formula is C24H23N3S. The van der Waals surface area contributed by atoms with E-state index in [0.717, 1.165) is 34.1 Å². The van der Waals surface area contributed by atoms with E-state index >= 15 is 0 Å². The Morgan fingerprint density at radius 1 is 0.857 bits per heavy atom. The van der Waals surface area contributed by atoms with Crippen molar-refractivity contribution in [3.05, 3.63) is 70.1 Å². The van der Waals surface area contributed by atoms with E-state index in [1.807, 2.05) is 29.5 Å². The third-order valence-electron chi connectivity index (χ3n) is 5.57. The van der Waals surface area contributed by atoms with Gasteiger partial charge in [-0.2, -0.15) is 0 Å². The second-order valence-corrected chi connectivity index (χ2v) is 8.63. The van der Waals surface area contributed by atoms with Crippen molar-refractivity contribution in [1.82, 2.24) is 9.97 Å². The van der Waals surface area contributed by atoms with E-state index < -0.39 is 0 Å². The van der Waals surface area contributed by atoms with Crippen molar-refractivity contribution >= 4 is 33.1 Å². The SMILES string of the molecule is Cc1cccc(C)c1Nc1nc(-c2ccccc2)nc2sc3c(c12)CCCC3. The van der Waals surface area contributed by atoms with Crippen LogP contribution < -0.4 is 5.32 Å². The van der Waals surface area contributed by atoms with Crippen molar-refractivity contribution in [3.63, 3.8) is 0 Å². The molecule has 0 unspecified atom stereocenters. The second-order valence-electron chi connectivity index (χ2n) is 7.54. The minimum Gasteiger partial charge on any atom is -0.339 e. The number of aromatic nitrogens is 2. The average molecular weight is 386 g/mol. The Morgan fingerprint density at radius 2 is 1.61 bits per heavy atom. The summed E-state index contributed by atoms with van der Waals surface area (Å²) in [5.41, 5.74) is 6.13. The molecule has 3 nitrogen and oxygen atoms in total. The fourth-order valence-corrected chi connectivity index (χ4v) is 5.36. The summed E-state index contributed by atoms with van der Waals surface area (Å²) in [6.07, 6.45) is 4.82. The summed E-state index contributed by atoms with van der Waals surface area (Å²) in [6, 6.07) is 16.7. The van der Waals surface area contributed by atoms with Crippen molar-refractivity contribution in [1.29, 1.82) is 0 Å². The van der Waals surface area contributed by atoms with E-state index in [1.54, 1.807) is 0 Å². The molecule has 0 saturated carbocycles. The molecule has 1 aliphatic rings. The Hall–Kier alpha value is -2.72. The Kier molecular flexibility index (Phi) is 4.36. The van der Waals surface area contributed by atoms with E-state index in [1.165, 1.54) is 46.2 Å². The molecule has 5 rings (SSSR count). The van der Waals surface area contributed by atoms with Crippen LogP contribution in [-0.2, 0) is 12.8 Å². The molecule has 1 N–H and O–H groups in total. The van der Waals surface area contributed by atoms with Gasteiger partial charge in [0.25, 0.3) is 0 Å². The van der Waals surface area contributed by atoms with Crippen molar-refractivity contribution in [2.45, 2.75) is 39.5 Å². The van der Waals surface area contributed by atoms with Crippen LogP contribution >= 0.6 is 11.3 Å². The largest absolute Gasteiger partial charge is 0.339 e. The quantitative estimate of drug-likeness (QED) is 0.432. The van der Waals surface area contributed by atoms with Crippen LogP contribution in [0, 0.1) is 13.8 Å². The van der Waals surface area contributed by atoms with Crippen LogP contribution in [0.25, 0.3) is 21.6 Å².